The fourth-order valence-electron chi connectivity index (χ4n) is 3.84. The van der Waals surface area contributed by atoms with Crippen molar-refractivity contribution in [3.63, 3.8) is 0 Å². The Balaban J connectivity index is 1.75. The van der Waals surface area contributed by atoms with E-state index in [1.165, 1.54) is 38.4 Å². The number of fused-ring (bicyclic) bond motifs is 1. The zero-order valence-electron chi connectivity index (χ0n) is 18.0. The van der Waals surface area contributed by atoms with Gasteiger partial charge in [0.15, 0.2) is 0 Å². The average Bonchev–Trinajstić information content (AvgIpc) is 2.79. The van der Waals surface area contributed by atoms with Crippen LogP contribution in [0.3, 0.4) is 0 Å². The zero-order chi connectivity index (χ0) is 22.9. The molecule has 32 heavy (non-hydrogen) atoms. The summed E-state index contributed by atoms with van der Waals surface area (Å²) in [4.78, 5) is 6.58. The fraction of sp³-hybridized carbons (Fsp3) is 0.318. The van der Waals surface area contributed by atoms with Crippen LogP contribution in [0.25, 0.3) is 10.9 Å². The number of nitrogens with one attached hydrogen (secondary N) is 1. The largest absolute Gasteiger partial charge is 0.370 e. The molecule has 2 aromatic carbocycles. The number of nitrogens with zero attached hydrogens (tertiary/aromatic N) is 3. The van der Waals surface area contributed by atoms with Crippen molar-refractivity contribution in [2.24, 2.45) is 0 Å². The molecule has 0 bridgehead atoms. The van der Waals surface area contributed by atoms with Crippen LogP contribution in [0.4, 0.5) is 11.4 Å². The third-order valence-corrected chi connectivity index (χ3v) is 8.80. The predicted molar refractivity (Wildman–Crippen MR) is 126 cm³/mol. The van der Waals surface area contributed by atoms with Gasteiger partial charge in [-0.05, 0) is 67.8 Å². The minimum atomic E-state index is -3.96. The minimum Gasteiger partial charge on any atom is -0.370 e. The first-order chi connectivity index (χ1) is 15.2. The number of hydrogen-bond donors (Lipinski definition) is 1. The van der Waals surface area contributed by atoms with Gasteiger partial charge < -0.3 is 4.90 Å². The van der Waals surface area contributed by atoms with Crippen LogP contribution in [0.1, 0.15) is 19.3 Å². The molecule has 1 aliphatic rings. The van der Waals surface area contributed by atoms with E-state index in [9.17, 15) is 16.8 Å². The molecule has 0 radical (unpaired) electrons. The molecule has 3 aromatic rings. The number of hydrogen-bond acceptors (Lipinski definition) is 6. The molecule has 10 heteroatoms. The molecule has 0 spiro atoms. The summed E-state index contributed by atoms with van der Waals surface area (Å²) in [6.45, 7) is 1.72. The first kappa shape index (κ1) is 22.5. The van der Waals surface area contributed by atoms with Crippen LogP contribution in [0.2, 0.25) is 0 Å². The van der Waals surface area contributed by atoms with E-state index in [-0.39, 0.29) is 9.79 Å². The van der Waals surface area contributed by atoms with Crippen molar-refractivity contribution in [3.05, 3.63) is 54.7 Å². The third kappa shape index (κ3) is 4.30. The maximum atomic E-state index is 13.3. The molecule has 0 amide bonds. The maximum absolute atomic E-state index is 13.3. The normalized spacial score (nSPS) is 15.3. The van der Waals surface area contributed by atoms with Gasteiger partial charge in [-0.2, -0.15) is 0 Å². The summed E-state index contributed by atoms with van der Waals surface area (Å²) in [6.07, 6.45) is 4.94. The fourth-order valence-corrected chi connectivity index (χ4v) is 5.84. The second kappa shape index (κ2) is 8.68. The monoisotopic (exact) mass is 474 g/mol. The highest BCUT2D eigenvalue weighted by molar-refractivity contribution is 7.92. The smallest absolute Gasteiger partial charge is 0.261 e. The van der Waals surface area contributed by atoms with Crippen molar-refractivity contribution in [2.75, 3.05) is 36.8 Å². The molecule has 1 N–H and O–H groups in total. The summed E-state index contributed by atoms with van der Waals surface area (Å²) in [5, 5.41) is 0.714. The molecule has 170 valence electrons. The van der Waals surface area contributed by atoms with Crippen molar-refractivity contribution in [1.82, 2.24) is 9.29 Å². The number of sulfonamides is 2. The van der Waals surface area contributed by atoms with Crippen LogP contribution in [0.15, 0.2) is 64.5 Å². The molecule has 0 atom stereocenters. The predicted octanol–water partition coefficient (Wildman–Crippen LogP) is 3.28. The Labute approximate surface area is 189 Å². The van der Waals surface area contributed by atoms with Crippen LogP contribution in [0, 0.1) is 0 Å². The molecule has 2 heterocycles. The van der Waals surface area contributed by atoms with Gasteiger partial charge in [0.1, 0.15) is 0 Å². The van der Waals surface area contributed by atoms with Gasteiger partial charge in [-0.1, -0.05) is 0 Å². The van der Waals surface area contributed by atoms with E-state index in [4.69, 9.17) is 0 Å². The number of piperidine rings is 1. The Kier molecular flexibility index (Phi) is 6.11. The lowest BCUT2D eigenvalue weighted by Crippen LogP contribution is -2.30. The second-order valence-electron chi connectivity index (χ2n) is 7.94. The molecule has 1 fully saturated rings. The SMILES string of the molecule is CN(C)S(=O)(=O)c1ccc(S(=O)(=O)Nc2c(N3CCCCC3)ccc3ncccc23)cc1. The number of benzene rings is 2. The lowest BCUT2D eigenvalue weighted by Gasteiger charge is -2.31. The standard InChI is InChI=1S/C22H26N4O4S2/c1-25(2)32(29,30)18-10-8-17(9-11-18)31(27,28)24-22-19-7-6-14-23-20(19)12-13-21(22)26-15-4-3-5-16-26/h6-14,24H,3-5,15-16H2,1-2H3. The Morgan fingerprint density at radius 1 is 0.875 bits per heavy atom. The summed E-state index contributed by atoms with van der Waals surface area (Å²) < 4.78 is 55.0. The van der Waals surface area contributed by atoms with Gasteiger partial charge in [0.25, 0.3) is 10.0 Å². The van der Waals surface area contributed by atoms with Crippen molar-refractivity contribution >= 4 is 42.3 Å². The molecule has 0 saturated carbocycles. The highest BCUT2D eigenvalue weighted by Gasteiger charge is 2.23. The van der Waals surface area contributed by atoms with Gasteiger partial charge in [-0.15, -0.1) is 0 Å². The van der Waals surface area contributed by atoms with Crippen LogP contribution in [-0.2, 0) is 20.0 Å². The number of pyridine rings is 1. The van der Waals surface area contributed by atoms with E-state index in [0.29, 0.717) is 16.6 Å². The van der Waals surface area contributed by atoms with E-state index in [1.54, 1.807) is 12.3 Å². The van der Waals surface area contributed by atoms with Gasteiger partial charge in [0, 0.05) is 38.8 Å². The van der Waals surface area contributed by atoms with Crippen molar-refractivity contribution < 1.29 is 16.8 Å². The highest BCUT2D eigenvalue weighted by atomic mass is 32.2. The number of anilines is 2. The van der Waals surface area contributed by atoms with Crippen LogP contribution in [0.5, 0.6) is 0 Å². The topological polar surface area (TPSA) is 99.7 Å². The zero-order valence-corrected chi connectivity index (χ0v) is 19.7. The number of rotatable bonds is 6. The third-order valence-electron chi connectivity index (χ3n) is 5.61. The summed E-state index contributed by atoms with van der Waals surface area (Å²) in [5.74, 6) is 0. The highest BCUT2D eigenvalue weighted by Crippen LogP contribution is 2.36. The summed E-state index contributed by atoms with van der Waals surface area (Å²) >= 11 is 0. The Morgan fingerprint density at radius 3 is 2.19 bits per heavy atom. The molecule has 1 saturated heterocycles. The van der Waals surface area contributed by atoms with Crippen LogP contribution >= 0.6 is 0 Å². The van der Waals surface area contributed by atoms with Crippen LogP contribution < -0.4 is 9.62 Å². The van der Waals surface area contributed by atoms with Crippen molar-refractivity contribution in [1.29, 1.82) is 0 Å². The molecule has 8 nitrogen and oxygen atoms in total. The van der Waals surface area contributed by atoms with Gasteiger partial charge in [0.2, 0.25) is 10.0 Å². The van der Waals surface area contributed by atoms with E-state index in [0.717, 1.165) is 42.3 Å². The van der Waals surface area contributed by atoms with Gasteiger partial charge >= 0.3 is 0 Å². The summed E-state index contributed by atoms with van der Waals surface area (Å²) in [6, 6.07) is 12.7. The lowest BCUT2D eigenvalue weighted by molar-refractivity contribution is 0.520. The summed E-state index contributed by atoms with van der Waals surface area (Å²) in [7, 11) is -4.75. The first-order valence-corrected chi connectivity index (χ1v) is 13.3. The van der Waals surface area contributed by atoms with E-state index in [2.05, 4.69) is 14.6 Å². The molecule has 1 aliphatic heterocycles. The van der Waals surface area contributed by atoms with E-state index in [1.807, 2.05) is 18.2 Å². The van der Waals surface area contributed by atoms with Gasteiger partial charge in [0.05, 0.1) is 26.7 Å². The second-order valence-corrected chi connectivity index (χ2v) is 11.8. The minimum absolute atomic E-state index is 0.0132. The Hall–Kier alpha value is -2.69. The quantitative estimate of drug-likeness (QED) is 0.589. The summed E-state index contributed by atoms with van der Waals surface area (Å²) in [5.41, 5.74) is 2.00. The van der Waals surface area contributed by atoms with Gasteiger partial charge in [-0.25, -0.2) is 21.1 Å². The van der Waals surface area contributed by atoms with E-state index >= 15 is 0 Å². The maximum Gasteiger partial charge on any atom is 0.261 e. The Bertz CT molecular complexity index is 1330. The molecular weight excluding hydrogens is 448 g/mol. The lowest BCUT2D eigenvalue weighted by atomic mass is 10.1. The molecule has 4 rings (SSSR count). The molecule has 0 unspecified atom stereocenters. The molecule has 0 aliphatic carbocycles. The first-order valence-electron chi connectivity index (χ1n) is 10.4. The average molecular weight is 475 g/mol. The number of aromatic nitrogens is 1. The van der Waals surface area contributed by atoms with Crippen molar-refractivity contribution in [3.8, 4) is 0 Å². The van der Waals surface area contributed by atoms with Crippen molar-refractivity contribution in [2.45, 2.75) is 29.1 Å². The van der Waals surface area contributed by atoms with Crippen LogP contribution in [-0.4, -0.2) is 53.3 Å². The van der Waals surface area contributed by atoms with Gasteiger partial charge in [-0.3, -0.25) is 9.71 Å². The van der Waals surface area contributed by atoms with E-state index < -0.39 is 20.0 Å². The molecule has 1 aromatic heterocycles. The Morgan fingerprint density at radius 2 is 1.53 bits per heavy atom. The molecular formula is C22H26N4O4S2.